The fraction of sp³-hybridized carbons (Fsp3) is 0.625. The second-order valence-electron chi connectivity index (χ2n) is 5.88. The van der Waals surface area contributed by atoms with Crippen LogP contribution < -0.4 is 4.74 Å². The summed E-state index contributed by atoms with van der Waals surface area (Å²) >= 11 is 0. The molecule has 0 amide bonds. The van der Waals surface area contributed by atoms with Gasteiger partial charge in [-0.05, 0) is 31.9 Å². The zero-order valence-electron chi connectivity index (χ0n) is 12.0. The first kappa shape index (κ1) is 14.8. The maximum Gasteiger partial charge on any atom is 0.165 e. The van der Waals surface area contributed by atoms with Crippen molar-refractivity contribution in [3.8, 4) is 5.75 Å². The summed E-state index contributed by atoms with van der Waals surface area (Å²) in [6.45, 7) is 1.33. The highest BCUT2D eigenvalue weighted by Gasteiger charge is 2.38. The lowest BCUT2D eigenvalue weighted by Crippen LogP contribution is -2.53. The standard InChI is InChI=1S/C16H22FNO3/c17-13-6-3-5-12-15(20)14(10-21-16(12)13)18-8-2-1-4-11(18)7-9-19/h3,5-6,11,14-15,19-20H,1-2,4,7-10H2. The lowest BCUT2D eigenvalue weighted by atomic mass is 9.92. The Kier molecular flexibility index (Phi) is 4.42. The summed E-state index contributed by atoms with van der Waals surface area (Å²) in [7, 11) is 0. The van der Waals surface area contributed by atoms with Crippen molar-refractivity contribution in [3.63, 3.8) is 0 Å². The zero-order chi connectivity index (χ0) is 14.8. The molecule has 116 valence electrons. The molecule has 21 heavy (non-hydrogen) atoms. The van der Waals surface area contributed by atoms with Crippen LogP contribution in [0.25, 0.3) is 0 Å². The molecule has 3 rings (SSSR count). The predicted molar refractivity (Wildman–Crippen MR) is 76.7 cm³/mol. The van der Waals surface area contributed by atoms with E-state index in [9.17, 15) is 14.6 Å². The molecule has 5 heteroatoms. The molecular weight excluding hydrogens is 273 g/mol. The number of nitrogens with zero attached hydrogens (tertiary/aromatic N) is 1. The number of benzene rings is 1. The van der Waals surface area contributed by atoms with Crippen molar-refractivity contribution in [2.45, 2.75) is 43.9 Å². The second-order valence-corrected chi connectivity index (χ2v) is 5.88. The van der Waals surface area contributed by atoms with E-state index in [1.165, 1.54) is 6.07 Å². The molecule has 1 fully saturated rings. The number of hydrogen-bond acceptors (Lipinski definition) is 4. The molecule has 0 aromatic heterocycles. The minimum atomic E-state index is -0.747. The normalized spacial score (nSPS) is 29.8. The van der Waals surface area contributed by atoms with E-state index in [0.29, 0.717) is 12.0 Å². The molecule has 1 aromatic carbocycles. The summed E-state index contributed by atoms with van der Waals surface area (Å²) in [5.74, 6) is -0.243. The van der Waals surface area contributed by atoms with Crippen molar-refractivity contribution in [1.29, 1.82) is 0 Å². The first-order valence-electron chi connectivity index (χ1n) is 7.68. The first-order valence-corrected chi connectivity index (χ1v) is 7.68. The molecule has 0 spiro atoms. The zero-order valence-corrected chi connectivity index (χ0v) is 12.0. The highest BCUT2D eigenvalue weighted by molar-refractivity contribution is 5.39. The van der Waals surface area contributed by atoms with Gasteiger partial charge in [-0.1, -0.05) is 18.6 Å². The average Bonchev–Trinajstić information content (AvgIpc) is 2.50. The number of ether oxygens (including phenoxy) is 1. The third kappa shape index (κ3) is 2.78. The Bertz CT molecular complexity index is 494. The molecule has 1 aromatic rings. The monoisotopic (exact) mass is 295 g/mol. The van der Waals surface area contributed by atoms with Gasteiger partial charge >= 0.3 is 0 Å². The van der Waals surface area contributed by atoms with Gasteiger partial charge < -0.3 is 14.9 Å². The molecule has 2 N–H and O–H groups in total. The molecule has 4 nitrogen and oxygen atoms in total. The Balaban J connectivity index is 1.83. The topological polar surface area (TPSA) is 52.9 Å². The van der Waals surface area contributed by atoms with Crippen LogP contribution >= 0.6 is 0 Å². The number of hydrogen-bond donors (Lipinski definition) is 2. The summed E-state index contributed by atoms with van der Waals surface area (Å²) in [5, 5.41) is 19.9. The van der Waals surface area contributed by atoms with Crippen LogP contribution in [0.15, 0.2) is 18.2 Å². The number of aliphatic hydroxyl groups excluding tert-OH is 2. The maximum atomic E-state index is 13.7. The number of para-hydroxylation sites is 1. The van der Waals surface area contributed by atoms with E-state index < -0.39 is 11.9 Å². The SMILES string of the molecule is OCCC1CCCCN1C1COc2c(F)cccc2C1O. The van der Waals surface area contributed by atoms with Crippen LogP contribution in [0, 0.1) is 5.82 Å². The molecule has 2 aliphatic heterocycles. The van der Waals surface area contributed by atoms with E-state index in [2.05, 4.69) is 4.90 Å². The van der Waals surface area contributed by atoms with Gasteiger partial charge in [0, 0.05) is 18.2 Å². The minimum Gasteiger partial charge on any atom is -0.488 e. The third-order valence-corrected chi connectivity index (χ3v) is 4.64. The van der Waals surface area contributed by atoms with E-state index in [4.69, 9.17) is 4.74 Å². The van der Waals surface area contributed by atoms with Crippen LogP contribution in [0.3, 0.4) is 0 Å². The van der Waals surface area contributed by atoms with Gasteiger partial charge in [-0.3, -0.25) is 4.90 Å². The summed E-state index contributed by atoms with van der Waals surface area (Å²) < 4.78 is 19.3. The van der Waals surface area contributed by atoms with Crippen molar-refractivity contribution in [3.05, 3.63) is 29.6 Å². The fourth-order valence-corrected chi connectivity index (χ4v) is 3.57. The van der Waals surface area contributed by atoms with E-state index in [1.807, 2.05) is 0 Å². The van der Waals surface area contributed by atoms with E-state index >= 15 is 0 Å². The maximum absolute atomic E-state index is 13.7. The van der Waals surface area contributed by atoms with Gasteiger partial charge in [0.1, 0.15) is 12.7 Å². The van der Waals surface area contributed by atoms with Crippen LogP contribution in [0.5, 0.6) is 5.75 Å². The molecule has 0 saturated carbocycles. The molecule has 1 saturated heterocycles. The lowest BCUT2D eigenvalue weighted by molar-refractivity contribution is -0.0343. The summed E-state index contributed by atoms with van der Waals surface area (Å²) in [4.78, 5) is 2.23. The van der Waals surface area contributed by atoms with Crippen molar-refractivity contribution < 1.29 is 19.3 Å². The third-order valence-electron chi connectivity index (χ3n) is 4.64. The van der Waals surface area contributed by atoms with E-state index in [-0.39, 0.29) is 31.0 Å². The molecule has 0 aliphatic carbocycles. The Morgan fingerprint density at radius 1 is 1.33 bits per heavy atom. The van der Waals surface area contributed by atoms with Crippen LogP contribution in [-0.4, -0.2) is 47.0 Å². The van der Waals surface area contributed by atoms with Gasteiger partial charge in [0.2, 0.25) is 0 Å². The summed E-state index contributed by atoms with van der Waals surface area (Å²) in [6.07, 6.45) is 3.22. The first-order chi connectivity index (χ1) is 10.2. The highest BCUT2D eigenvalue weighted by Crippen LogP contribution is 2.38. The van der Waals surface area contributed by atoms with Gasteiger partial charge in [0.25, 0.3) is 0 Å². The Hall–Kier alpha value is -1.17. The quantitative estimate of drug-likeness (QED) is 0.893. The van der Waals surface area contributed by atoms with Crippen LogP contribution in [0.4, 0.5) is 4.39 Å². The lowest BCUT2D eigenvalue weighted by Gasteiger charge is -2.44. The van der Waals surface area contributed by atoms with E-state index in [0.717, 1.165) is 25.8 Å². The molecular formula is C16H22FNO3. The van der Waals surface area contributed by atoms with Crippen LogP contribution in [0.1, 0.15) is 37.4 Å². The van der Waals surface area contributed by atoms with Crippen molar-refractivity contribution in [2.24, 2.45) is 0 Å². The highest BCUT2D eigenvalue weighted by atomic mass is 19.1. The number of piperidine rings is 1. The largest absolute Gasteiger partial charge is 0.488 e. The van der Waals surface area contributed by atoms with Gasteiger partial charge in [0.05, 0.1) is 6.04 Å². The summed E-state index contributed by atoms with van der Waals surface area (Å²) in [5.41, 5.74) is 0.527. The molecule has 0 radical (unpaired) electrons. The van der Waals surface area contributed by atoms with Crippen LogP contribution in [0.2, 0.25) is 0 Å². The number of fused-ring (bicyclic) bond motifs is 1. The molecule has 3 atom stereocenters. The Morgan fingerprint density at radius 3 is 3.00 bits per heavy atom. The smallest absolute Gasteiger partial charge is 0.165 e. The van der Waals surface area contributed by atoms with Gasteiger partial charge in [0.15, 0.2) is 11.6 Å². The van der Waals surface area contributed by atoms with Crippen molar-refractivity contribution in [1.82, 2.24) is 4.90 Å². The van der Waals surface area contributed by atoms with Gasteiger partial charge in [-0.2, -0.15) is 0 Å². The van der Waals surface area contributed by atoms with Gasteiger partial charge in [-0.25, -0.2) is 4.39 Å². The molecule has 3 unspecified atom stereocenters. The average molecular weight is 295 g/mol. The van der Waals surface area contributed by atoms with Gasteiger partial charge in [-0.15, -0.1) is 0 Å². The van der Waals surface area contributed by atoms with Crippen molar-refractivity contribution in [2.75, 3.05) is 19.8 Å². The number of rotatable bonds is 3. The summed E-state index contributed by atoms with van der Waals surface area (Å²) in [6, 6.07) is 4.77. The predicted octanol–water partition coefficient (Wildman–Crippen LogP) is 1.86. The number of likely N-dealkylation sites (tertiary alicyclic amines) is 1. The number of halogens is 1. The van der Waals surface area contributed by atoms with Crippen LogP contribution in [-0.2, 0) is 0 Å². The second kappa shape index (κ2) is 6.30. The van der Waals surface area contributed by atoms with Crippen molar-refractivity contribution >= 4 is 0 Å². The van der Waals surface area contributed by atoms with E-state index in [1.54, 1.807) is 12.1 Å². The fourth-order valence-electron chi connectivity index (χ4n) is 3.57. The number of aliphatic hydroxyl groups is 2. The Morgan fingerprint density at radius 2 is 2.19 bits per heavy atom. The molecule has 2 heterocycles. The molecule has 2 aliphatic rings. The molecule has 0 bridgehead atoms. The minimum absolute atomic E-state index is 0.149. The Labute approximate surface area is 124 Å².